The molecule has 39 heavy (non-hydrogen) atoms. The Bertz CT molecular complexity index is 1360. The number of rotatable bonds is 11. The molecule has 3 aromatic rings. The van der Waals surface area contributed by atoms with Gasteiger partial charge in [-0.2, -0.15) is 0 Å². The molecular formula is C31H33NO7. The second-order valence-electron chi connectivity index (χ2n) is 8.80. The number of benzene rings is 3. The SMILES string of the molecule is CCOc1cccc(C2/C(=C(\O)c3ccc(OCC)cc3OCC)C(=O)C(=O)N2Cc2ccc(OC)cc2)c1. The first-order valence-electron chi connectivity index (χ1n) is 13.0. The molecule has 1 atom stereocenters. The van der Waals surface area contributed by atoms with E-state index in [0.29, 0.717) is 53.9 Å². The zero-order valence-electron chi connectivity index (χ0n) is 22.6. The van der Waals surface area contributed by atoms with E-state index in [9.17, 15) is 14.7 Å². The van der Waals surface area contributed by atoms with Crippen LogP contribution in [0.3, 0.4) is 0 Å². The van der Waals surface area contributed by atoms with E-state index in [-0.39, 0.29) is 17.9 Å². The van der Waals surface area contributed by atoms with Gasteiger partial charge in [0.25, 0.3) is 11.7 Å². The van der Waals surface area contributed by atoms with Gasteiger partial charge in [-0.1, -0.05) is 24.3 Å². The molecule has 0 radical (unpaired) electrons. The van der Waals surface area contributed by atoms with Crippen molar-refractivity contribution in [2.24, 2.45) is 0 Å². The largest absolute Gasteiger partial charge is 0.507 e. The van der Waals surface area contributed by atoms with Crippen LogP contribution in [0.15, 0.2) is 72.3 Å². The maximum atomic E-state index is 13.5. The summed E-state index contributed by atoms with van der Waals surface area (Å²) in [7, 11) is 1.58. The van der Waals surface area contributed by atoms with Crippen LogP contribution >= 0.6 is 0 Å². The minimum Gasteiger partial charge on any atom is -0.507 e. The Labute approximate surface area is 228 Å². The standard InChI is InChI=1S/C31H33NO7/c1-5-37-23-10-8-9-21(17-23)28-27(29(33)25-16-15-24(38-6-2)18-26(25)39-7-3)30(34)31(35)32(28)19-20-11-13-22(36-4)14-12-20/h8-18,28,33H,5-7,19H2,1-4H3/b29-27+. The van der Waals surface area contributed by atoms with Crippen molar-refractivity contribution in [2.75, 3.05) is 26.9 Å². The van der Waals surface area contributed by atoms with Crippen molar-refractivity contribution in [3.8, 4) is 23.0 Å². The van der Waals surface area contributed by atoms with E-state index in [1.807, 2.05) is 45.0 Å². The van der Waals surface area contributed by atoms with Gasteiger partial charge < -0.3 is 29.0 Å². The first-order valence-corrected chi connectivity index (χ1v) is 13.0. The highest BCUT2D eigenvalue weighted by Crippen LogP contribution is 2.43. The van der Waals surface area contributed by atoms with Crippen molar-refractivity contribution in [3.05, 3.63) is 89.0 Å². The number of aliphatic hydroxyl groups excluding tert-OH is 1. The number of nitrogens with zero attached hydrogens (tertiary/aromatic N) is 1. The summed E-state index contributed by atoms with van der Waals surface area (Å²) in [6, 6.07) is 18.6. The van der Waals surface area contributed by atoms with Crippen LogP contribution in [-0.4, -0.2) is 48.6 Å². The van der Waals surface area contributed by atoms with Gasteiger partial charge in [0.05, 0.1) is 44.1 Å². The number of hydrogen-bond acceptors (Lipinski definition) is 7. The molecule has 1 N–H and O–H groups in total. The normalized spacial score (nSPS) is 16.3. The first-order chi connectivity index (χ1) is 18.9. The Kier molecular flexibility index (Phi) is 8.76. The van der Waals surface area contributed by atoms with Gasteiger partial charge in [0.15, 0.2) is 0 Å². The van der Waals surface area contributed by atoms with Gasteiger partial charge in [-0.25, -0.2) is 0 Å². The molecule has 1 aliphatic heterocycles. The lowest BCUT2D eigenvalue weighted by atomic mass is 9.94. The van der Waals surface area contributed by atoms with E-state index < -0.39 is 17.7 Å². The van der Waals surface area contributed by atoms with Gasteiger partial charge in [0.2, 0.25) is 0 Å². The third kappa shape index (κ3) is 5.85. The fourth-order valence-corrected chi connectivity index (χ4v) is 4.63. The number of aliphatic hydroxyl groups is 1. The Morgan fingerprint density at radius 2 is 1.46 bits per heavy atom. The third-order valence-corrected chi connectivity index (χ3v) is 6.36. The smallest absolute Gasteiger partial charge is 0.295 e. The quantitative estimate of drug-likeness (QED) is 0.198. The van der Waals surface area contributed by atoms with Crippen LogP contribution in [0, 0.1) is 0 Å². The molecule has 0 aliphatic carbocycles. The van der Waals surface area contributed by atoms with Crippen molar-refractivity contribution in [3.63, 3.8) is 0 Å². The summed E-state index contributed by atoms with van der Waals surface area (Å²) in [4.78, 5) is 28.4. The van der Waals surface area contributed by atoms with Crippen LogP contribution in [0.4, 0.5) is 0 Å². The third-order valence-electron chi connectivity index (χ3n) is 6.36. The van der Waals surface area contributed by atoms with Gasteiger partial charge in [0.1, 0.15) is 28.8 Å². The van der Waals surface area contributed by atoms with Crippen LogP contribution in [-0.2, 0) is 16.1 Å². The lowest BCUT2D eigenvalue weighted by Crippen LogP contribution is -2.29. The summed E-state index contributed by atoms with van der Waals surface area (Å²) in [5.41, 5.74) is 1.72. The fourth-order valence-electron chi connectivity index (χ4n) is 4.63. The molecule has 1 heterocycles. The lowest BCUT2D eigenvalue weighted by Gasteiger charge is -2.26. The molecule has 0 saturated carbocycles. The average molecular weight is 532 g/mol. The number of methoxy groups -OCH3 is 1. The number of carbonyl (C=O) groups is 2. The Morgan fingerprint density at radius 1 is 0.821 bits per heavy atom. The predicted octanol–water partition coefficient (Wildman–Crippen LogP) is 5.51. The second-order valence-corrected chi connectivity index (χ2v) is 8.80. The first kappa shape index (κ1) is 27.6. The van der Waals surface area contributed by atoms with Gasteiger partial charge in [0, 0.05) is 12.6 Å². The summed E-state index contributed by atoms with van der Waals surface area (Å²) in [5.74, 6) is 0.403. The molecule has 0 bridgehead atoms. The van der Waals surface area contributed by atoms with Gasteiger partial charge in [-0.3, -0.25) is 9.59 Å². The molecule has 8 nitrogen and oxygen atoms in total. The summed E-state index contributed by atoms with van der Waals surface area (Å²) in [6.45, 7) is 6.98. The summed E-state index contributed by atoms with van der Waals surface area (Å²) < 4.78 is 22.3. The predicted molar refractivity (Wildman–Crippen MR) is 147 cm³/mol. The molecule has 204 valence electrons. The highest BCUT2D eigenvalue weighted by Gasteiger charge is 2.46. The molecule has 8 heteroatoms. The van der Waals surface area contributed by atoms with E-state index in [0.717, 1.165) is 5.56 Å². The molecule has 4 rings (SSSR count). The van der Waals surface area contributed by atoms with Crippen LogP contribution in [0.2, 0.25) is 0 Å². The fraction of sp³-hybridized carbons (Fsp3) is 0.290. The zero-order chi connectivity index (χ0) is 27.9. The summed E-state index contributed by atoms with van der Waals surface area (Å²) >= 11 is 0. The molecular weight excluding hydrogens is 498 g/mol. The Balaban J connectivity index is 1.87. The molecule has 1 unspecified atom stereocenters. The maximum absolute atomic E-state index is 13.5. The van der Waals surface area contributed by atoms with Crippen molar-refractivity contribution in [2.45, 2.75) is 33.4 Å². The number of likely N-dealkylation sites (tertiary alicyclic amines) is 1. The molecule has 1 amide bonds. The van der Waals surface area contributed by atoms with Crippen LogP contribution in [0.25, 0.3) is 5.76 Å². The molecule has 1 saturated heterocycles. The second kappa shape index (κ2) is 12.4. The minimum absolute atomic E-state index is 0.0210. The molecule has 1 fully saturated rings. The van der Waals surface area contributed by atoms with E-state index in [2.05, 4.69) is 0 Å². The van der Waals surface area contributed by atoms with Crippen LogP contribution in [0.5, 0.6) is 23.0 Å². The van der Waals surface area contributed by atoms with Gasteiger partial charge in [-0.15, -0.1) is 0 Å². The Hall–Kier alpha value is -4.46. The monoisotopic (exact) mass is 531 g/mol. The highest BCUT2D eigenvalue weighted by atomic mass is 16.5. The summed E-state index contributed by atoms with van der Waals surface area (Å²) in [5, 5.41) is 11.6. The van der Waals surface area contributed by atoms with E-state index in [1.165, 1.54) is 4.90 Å². The number of amides is 1. The summed E-state index contributed by atoms with van der Waals surface area (Å²) in [6.07, 6.45) is 0. The molecule has 1 aliphatic rings. The number of ketones is 1. The zero-order valence-corrected chi connectivity index (χ0v) is 22.6. The lowest BCUT2D eigenvalue weighted by molar-refractivity contribution is -0.140. The van der Waals surface area contributed by atoms with Gasteiger partial charge >= 0.3 is 0 Å². The number of carbonyl (C=O) groups excluding carboxylic acids is 2. The molecule has 3 aromatic carbocycles. The van der Waals surface area contributed by atoms with Crippen molar-refractivity contribution < 1.29 is 33.6 Å². The van der Waals surface area contributed by atoms with Crippen molar-refractivity contribution in [1.82, 2.24) is 4.90 Å². The topological polar surface area (TPSA) is 94.5 Å². The van der Waals surface area contributed by atoms with Crippen molar-refractivity contribution >= 4 is 17.4 Å². The number of Topliss-reactive ketones (excluding diaryl/α,β-unsaturated/α-hetero) is 1. The minimum atomic E-state index is -0.853. The van der Waals surface area contributed by atoms with Gasteiger partial charge in [-0.05, 0) is 68.3 Å². The van der Waals surface area contributed by atoms with E-state index >= 15 is 0 Å². The van der Waals surface area contributed by atoms with E-state index in [4.69, 9.17) is 18.9 Å². The molecule has 0 spiro atoms. The van der Waals surface area contributed by atoms with Crippen molar-refractivity contribution in [1.29, 1.82) is 0 Å². The average Bonchev–Trinajstić information content (AvgIpc) is 3.19. The highest BCUT2D eigenvalue weighted by molar-refractivity contribution is 6.46. The van der Waals surface area contributed by atoms with Crippen LogP contribution < -0.4 is 18.9 Å². The number of ether oxygens (including phenoxy) is 4. The number of hydrogen-bond donors (Lipinski definition) is 1. The van der Waals surface area contributed by atoms with Crippen LogP contribution in [0.1, 0.15) is 43.5 Å². The Morgan fingerprint density at radius 3 is 2.10 bits per heavy atom. The van der Waals surface area contributed by atoms with E-state index in [1.54, 1.807) is 49.6 Å². The maximum Gasteiger partial charge on any atom is 0.295 e. The molecule has 0 aromatic heterocycles.